The van der Waals surface area contributed by atoms with E-state index in [1.807, 2.05) is 74.5 Å². The Kier molecular flexibility index (Phi) is 6.84. The van der Waals surface area contributed by atoms with Crippen molar-refractivity contribution in [3.63, 3.8) is 0 Å². The van der Waals surface area contributed by atoms with Gasteiger partial charge in [-0.15, -0.1) is 10.2 Å². The van der Waals surface area contributed by atoms with Crippen molar-refractivity contribution in [1.82, 2.24) is 15.5 Å². The van der Waals surface area contributed by atoms with Gasteiger partial charge in [0.05, 0.1) is 11.3 Å². The molecule has 140 valence electrons. The third kappa shape index (κ3) is 5.30. The minimum Gasteiger partial charge on any atom is -0.360 e. The van der Waals surface area contributed by atoms with Crippen LogP contribution in [0.4, 0.5) is 5.13 Å². The standard InChI is InChI=1S/C20H22N4OS2/c1-3-21-19-23-24-20(27-19)26-14(2)18(25)22-17(15-10-6-4-7-11-15)16-12-8-5-9-13-16/h4-14,17H,3H2,1-2H3,(H,21,23)(H,22,25)/t14-/m1/s1. The molecule has 2 N–H and O–H groups in total. The number of anilines is 1. The summed E-state index contributed by atoms with van der Waals surface area (Å²) in [5.74, 6) is -0.0297. The lowest BCUT2D eigenvalue weighted by Crippen LogP contribution is -2.34. The van der Waals surface area contributed by atoms with Crippen molar-refractivity contribution < 1.29 is 4.79 Å². The molecule has 7 heteroatoms. The average Bonchev–Trinajstić information content (AvgIpc) is 3.14. The Labute approximate surface area is 167 Å². The van der Waals surface area contributed by atoms with E-state index in [1.165, 1.54) is 23.1 Å². The molecule has 1 heterocycles. The molecule has 0 aliphatic rings. The summed E-state index contributed by atoms with van der Waals surface area (Å²) < 4.78 is 0.782. The fourth-order valence-electron chi connectivity index (χ4n) is 2.59. The molecule has 0 radical (unpaired) electrons. The van der Waals surface area contributed by atoms with Gasteiger partial charge >= 0.3 is 0 Å². The Morgan fingerprint density at radius 1 is 1.04 bits per heavy atom. The zero-order chi connectivity index (χ0) is 19.1. The van der Waals surface area contributed by atoms with Gasteiger partial charge in [-0.3, -0.25) is 4.79 Å². The van der Waals surface area contributed by atoms with Crippen LogP contribution < -0.4 is 10.6 Å². The molecule has 3 aromatic rings. The van der Waals surface area contributed by atoms with Gasteiger partial charge in [0.15, 0.2) is 4.34 Å². The molecule has 0 saturated carbocycles. The molecule has 3 rings (SSSR count). The summed E-state index contributed by atoms with van der Waals surface area (Å²) >= 11 is 2.89. The molecule has 0 saturated heterocycles. The van der Waals surface area contributed by atoms with Gasteiger partial charge in [0.25, 0.3) is 0 Å². The van der Waals surface area contributed by atoms with Crippen molar-refractivity contribution in [3.8, 4) is 0 Å². The van der Waals surface area contributed by atoms with Crippen LogP contribution in [0.5, 0.6) is 0 Å². The monoisotopic (exact) mass is 398 g/mol. The molecule has 1 aromatic heterocycles. The molecule has 0 spiro atoms. The van der Waals surface area contributed by atoms with E-state index in [0.717, 1.165) is 27.1 Å². The van der Waals surface area contributed by atoms with Gasteiger partial charge in [-0.2, -0.15) is 0 Å². The van der Waals surface area contributed by atoms with E-state index in [1.54, 1.807) is 0 Å². The minimum atomic E-state index is -0.276. The molecule has 0 aliphatic carbocycles. The lowest BCUT2D eigenvalue weighted by atomic mass is 9.98. The smallest absolute Gasteiger partial charge is 0.234 e. The molecule has 1 atom stereocenters. The van der Waals surface area contributed by atoms with Gasteiger partial charge in [0.1, 0.15) is 0 Å². The van der Waals surface area contributed by atoms with Crippen molar-refractivity contribution in [2.75, 3.05) is 11.9 Å². The largest absolute Gasteiger partial charge is 0.360 e. The summed E-state index contributed by atoms with van der Waals surface area (Å²) in [7, 11) is 0. The summed E-state index contributed by atoms with van der Waals surface area (Å²) in [4.78, 5) is 12.8. The van der Waals surface area contributed by atoms with Crippen molar-refractivity contribution in [1.29, 1.82) is 0 Å². The highest BCUT2D eigenvalue weighted by atomic mass is 32.2. The first-order valence-electron chi connectivity index (χ1n) is 8.81. The van der Waals surface area contributed by atoms with Crippen molar-refractivity contribution in [3.05, 3.63) is 71.8 Å². The van der Waals surface area contributed by atoms with E-state index in [4.69, 9.17) is 0 Å². The Bertz CT molecular complexity index is 815. The molecule has 27 heavy (non-hydrogen) atoms. The van der Waals surface area contributed by atoms with Gasteiger partial charge in [-0.05, 0) is 25.0 Å². The Hall–Kier alpha value is -2.38. The summed E-state index contributed by atoms with van der Waals surface area (Å²) in [6.07, 6.45) is 0. The molecule has 0 bridgehead atoms. The zero-order valence-electron chi connectivity index (χ0n) is 15.3. The minimum absolute atomic E-state index is 0.0297. The Morgan fingerprint density at radius 2 is 1.63 bits per heavy atom. The quantitative estimate of drug-likeness (QED) is 0.552. The summed E-state index contributed by atoms with van der Waals surface area (Å²) in [5.41, 5.74) is 2.11. The van der Waals surface area contributed by atoms with Crippen LogP contribution in [0.15, 0.2) is 65.0 Å². The second kappa shape index (κ2) is 9.53. The number of aromatic nitrogens is 2. The maximum Gasteiger partial charge on any atom is 0.234 e. The van der Waals surface area contributed by atoms with Gasteiger partial charge in [-0.1, -0.05) is 83.8 Å². The van der Waals surface area contributed by atoms with Crippen LogP contribution in [-0.2, 0) is 4.79 Å². The first-order chi connectivity index (χ1) is 13.2. The lowest BCUT2D eigenvalue weighted by Gasteiger charge is -2.21. The van der Waals surface area contributed by atoms with E-state index >= 15 is 0 Å². The Morgan fingerprint density at radius 3 is 2.19 bits per heavy atom. The number of benzene rings is 2. The number of rotatable bonds is 8. The van der Waals surface area contributed by atoms with Crippen LogP contribution in [0.2, 0.25) is 0 Å². The lowest BCUT2D eigenvalue weighted by molar-refractivity contribution is -0.120. The van der Waals surface area contributed by atoms with Crippen molar-refractivity contribution >= 4 is 34.1 Å². The van der Waals surface area contributed by atoms with E-state index in [0.29, 0.717) is 0 Å². The van der Waals surface area contributed by atoms with Crippen LogP contribution in [0.1, 0.15) is 31.0 Å². The highest BCUT2D eigenvalue weighted by Crippen LogP contribution is 2.30. The first-order valence-corrected chi connectivity index (χ1v) is 10.5. The van der Waals surface area contributed by atoms with E-state index in [-0.39, 0.29) is 17.2 Å². The van der Waals surface area contributed by atoms with Gasteiger partial charge in [-0.25, -0.2) is 0 Å². The molecule has 5 nitrogen and oxygen atoms in total. The highest BCUT2D eigenvalue weighted by molar-refractivity contribution is 8.02. The average molecular weight is 399 g/mol. The predicted molar refractivity (Wildman–Crippen MR) is 112 cm³/mol. The van der Waals surface area contributed by atoms with E-state index < -0.39 is 0 Å². The van der Waals surface area contributed by atoms with Crippen LogP contribution in [0.3, 0.4) is 0 Å². The fourth-order valence-corrected chi connectivity index (χ4v) is 4.57. The number of hydrogen-bond acceptors (Lipinski definition) is 6. The van der Waals surface area contributed by atoms with Gasteiger partial charge in [0.2, 0.25) is 11.0 Å². The van der Waals surface area contributed by atoms with E-state index in [9.17, 15) is 4.79 Å². The summed E-state index contributed by atoms with van der Waals surface area (Å²) in [6.45, 7) is 4.70. The Balaban J connectivity index is 1.72. The zero-order valence-corrected chi connectivity index (χ0v) is 16.9. The van der Waals surface area contributed by atoms with Crippen molar-refractivity contribution in [2.24, 2.45) is 0 Å². The maximum absolute atomic E-state index is 12.8. The van der Waals surface area contributed by atoms with Crippen LogP contribution in [0.25, 0.3) is 0 Å². The normalized spacial score (nSPS) is 12.0. The number of carbonyl (C=O) groups excluding carboxylic acids is 1. The third-order valence-corrected chi connectivity index (χ3v) is 6.00. The number of nitrogens with zero attached hydrogens (tertiary/aromatic N) is 2. The SMILES string of the molecule is CCNc1nnc(S[C@H](C)C(=O)NC(c2ccccc2)c2ccccc2)s1. The van der Waals surface area contributed by atoms with Crippen LogP contribution >= 0.6 is 23.1 Å². The predicted octanol–water partition coefficient (Wildman–Crippen LogP) is 4.36. The van der Waals surface area contributed by atoms with Gasteiger partial charge < -0.3 is 10.6 Å². The number of nitrogens with one attached hydrogen (secondary N) is 2. The molecular weight excluding hydrogens is 376 g/mol. The number of carbonyl (C=O) groups is 1. The van der Waals surface area contributed by atoms with Gasteiger partial charge in [0, 0.05) is 6.54 Å². The summed E-state index contributed by atoms with van der Waals surface area (Å²) in [6, 6.07) is 19.8. The van der Waals surface area contributed by atoms with Crippen molar-refractivity contribution in [2.45, 2.75) is 29.5 Å². The maximum atomic E-state index is 12.8. The molecular formula is C20H22N4OS2. The molecule has 2 aromatic carbocycles. The number of hydrogen-bond donors (Lipinski definition) is 2. The topological polar surface area (TPSA) is 66.9 Å². The summed E-state index contributed by atoms with van der Waals surface area (Å²) in [5, 5.41) is 15.0. The van der Waals surface area contributed by atoms with E-state index in [2.05, 4.69) is 20.8 Å². The number of amides is 1. The molecule has 1 amide bonds. The second-order valence-corrected chi connectivity index (χ2v) is 8.49. The first kappa shape index (κ1) is 19.4. The molecule has 0 aliphatic heterocycles. The fraction of sp³-hybridized carbons (Fsp3) is 0.250. The second-order valence-electron chi connectivity index (χ2n) is 5.93. The molecule has 0 unspecified atom stereocenters. The third-order valence-electron chi connectivity index (χ3n) is 3.93. The number of thioether (sulfide) groups is 1. The molecule has 0 fully saturated rings. The van der Waals surface area contributed by atoms with Crippen LogP contribution in [0, 0.1) is 0 Å². The highest BCUT2D eigenvalue weighted by Gasteiger charge is 2.22. The van der Waals surface area contributed by atoms with Crippen LogP contribution in [-0.4, -0.2) is 27.9 Å².